The minimum absolute atomic E-state index is 0.0152. The predicted octanol–water partition coefficient (Wildman–Crippen LogP) is 1.91. The number of nitrogens with zero attached hydrogens (tertiary/aromatic N) is 2. The van der Waals surface area contributed by atoms with Crippen molar-refractivity contribution in [3.63, 3.8) is 0 Å². The van der Waals surface area contributed by atoms with Crippen LogP contribution in [0.2, 0.25) is 0 Å². The minimum atomic E-state index is -0.382. The lowest BCUT2D eigenvalue weighted by Gasteiger charge is -2.49. The van der Waals surface area contributed by atoms with Crippen LogP contribution in [0.1, 0.15) is 60.8 Å². The first-order valence-electron chi connectivity index (χ1n) is 10.1. The summed E-state index contributed by atoms with van der Waals surface area (Å²) in [6, 6.07) is -0.200. The monoisotopic (exact) mass is 378 g/mol. The summed E-state index contributed by atoms with van der Waals surface area (Å²) in [4.78, 5) is 29.5. The van der Waals surface area contributed by atoms with Gasteiger partial charge in [-0.15, -0.1) is 0 Å². The first-order chi connectivity index (χ1) is 12.4. The van der Waals surface area contributed by atoms with Gasteiger partial charge in [0.25, 0.3) is 0 Å². The molecule has 2 N–H and O–H groups in total. The molecule has 0 aliphatic carbocycles. The van der Waals surface area contributed by atoms with E-state index in [4.69, 9.17) is 0 Å². The Kier molecular flexibility index (Phi) is 6.74. The molecule has 0 aromatic rings. The Hall–Kier alpha value is -1.40. The molecule has 27 heavy (non-hydrogen) atoms. The molecule has 154 valence electrons. The molecule has 2 aliphatic rings. The van der Waals surface area contributed by atoms with Gasteiger partial charge >= 0.3 is 0 Å². The molecule has 2 saturated heterocycles. The standard InChI is InChI=1S/C21H38N4O2/c1-15(2)8-10-25-11-9-22-19(27)17(25)12-18(26)24(7)16-13-20(3,4)23-21(5,6)14-16/h8,16-17,23H,9-14H2,1-7H3,(H,22,27)/t17-/m0/s1. The normalized spacial score (nSPS) is 25.6. The van der Waals surface area contributed by atoms with Gasteiger partial charge in [0.05, 0.1) is 12.5 Å². The molecule has 0 aromatic carbocycles. The predicted molar refractivity (Wildman–Crippen MR) is 110 cm³/mol. The van der Waals surface area contributed by atoms with Gasteiger partial charge in [0.2, 0.25) is 11.8 Å². The molecule has 0 aromatic heterocycles. The lowest BCUT2D eigenvalue weighted by molar-refractivity contribution is -0.140. The van der Waals surface area contributed by atoms with Gasteiger partial charge in [-0.2, -0.15) is 0 Å². The second-order valence-electron chi connectivity index (χ2n) is 9.75. The Bertz CT molecular complexity index is 577. The Morgan fingerprint density at radius 3 is 2.37 bits per heavy atom. The van der Waals surface area contributed by atoms with Gasteiger partial charge in [-0.1, -0.05) is 11.6 Å². The van der Waals surface area contributed by atoms with Crippen molar-refractivity contribution < 1.29 is 9.59 Å². The number of amides is 2. The smallest absolute Gasteiger partial charge is 0.237 e. The molecule has 2 heterocycles. The third-order valence-electron chi connectivity index (χ3n) is 5.65. The molecular formula is C21H38N4O2. The third kappa shape index (κ3) is 6.04. The summed E-state index contributed by atoms with van der Waals surface area (Å²) in [5, 5.41) is 6.58. The summed E-state index contributed by atoms with van der Waals surface area (Å²) in [5.41, 5.74) is 1.19. The fourth-order valence-corrected chi connectivity index (χ4v) is 4.56. The van der Waals surface area contributed by atoms with E-state index < -0.39 is 0 Å². The fourth-order valence-electron chi connectivity index (χ4n) is 4.56. The maximum atomic E-state index is 13.0. The highest BCUT2D eigenvalue weighted by atomic mass is 16.2. The van der Waals surface area contributed by atoms with Gasteiger partial charge in [0.15, 0.2) is 0 Å². The molecule has 0 saturated carbocycles. The van der Waals surface area contributed by atoms with Gasteiger partial charge < -0.3 is 15.5 Å². The SMILES string of the molecule is CC(C)=CCN1CCNC(=O)[C@@H]1CC(=O)N(C)C1CC(C)(C)NC(C)(C)C1. The molecule has 2 amide bonds. The average molecular weight is 379 g/mol. The number of allylic oxidation sites excluding steroid dienone is 1. The molecule has 1 atom stereocenters. The van der Waals surface area contributed by atoms with Crippen LogP contribution in [0.15, 0.2) is 11.6 Å². The summed E-state index contributed by atoms with van der Waals surface area (Å²) in [6.07, 6.45) is 4.19. The molecule has 6 heteroatoms. The van der Waals surface area contributed by atoms with E-state index in [2.05, 4.69) is 63.2 Å². The third-order valence-corrected chi connectivity index (χ3v) is 5.65. The number of piperidine rings is 1. The average Bonchev–Trinajstić information content (AvgIpc) is 2.51. The Morgan fingerprint density at radius 1 is 1.22 bits per heavy atom. The van der Waals surface area contributed by atoms with Gasteiger partial charge in [-0.3, -0.25) is 14.5 Å². The molecular weight excluding hydrogens is 340 g/mol. The van der Waals surface area contributed by atoms with Crippen LogP contribution in [-0.2, 0) is 9.59 Å². The zero-order valence-corrected chi connectivity index (χ0v) is 18.2. The summed E-state index contributed by atoms with van der Waals surface area (Å²) in [5.74, 6) is 0.0221. The largest absolute Gasteiger partial charge is 0.353 e. The summed E-state index contributed by atoms with van der Waals surface area (Å²) in [7, 11) is 1.89. The lowest BCUT2D eigenvalue weighted by Crippen LogP contribution is -2.63. The second kappa shape index (κ2) is 8.31. The minimum Gasteiger partial charge on any atom is -0.353 e. The first-order valence-corrected chi connectivity index (χ1v) is 10.1. The number of hydrogen-bond acceptors (Lipinski definition) is 4. The fraction of sp³-hybridized carbons (Fsp3) is 0.810. The molecule has 0 spiro atoms. The summed E-state index contributed by atoms with van der Waals surface area (Å²) < 4.78 is 0. The van der Waals surface area contributed by atoms with E-state index in [0.717, 1.165) is 19.4 Å². The van der Waals surface area contributed by atoms with Gasteiger partial charge in [0, 0.05) is 43.8 Å². The zero-order chi connectivity index (χ0) is 20.4. The number of carbonyl (C=O) groups excluding carboxylic acids is 2. The van der Waals surface area contributed by atoms with E-state index in [9.17, 15) is 9.59 Å². The van der Waals surface area contributed by atoms with Crippen molar-refractivity contribution in [2.24, 2.45) is 0 Å². The molecule has 6 nitrogen and oxygen atoms in total. The second-order valence-corrected chi connectivity index (χ2v) is 9.75. The molecule has 0 unspecified atom stereocenters. The van der Waals surface area contributed by atoms with Gasteiger partial charge in [-0.25, -0.2) is 0 Å². The molecule has 2 aliphatic heterocycles. The van der Waals surface area contributed by atoms with Crippen LogP contribution < -0.4 is 10.6 Å². The highest BCUT2D eigenvalue weighted by Crippen LogP contribution is 2.31. The van der Waals surface area contributed by atoms with Crippen LogP contribution in [0.5, 0.6) is 0 Å². The quantitative estimate of drug-likeness (QED) is 0.718. The van der Waals surface area contributed by atoms with Gasteiger partial charge in [0.1, 0.15) is 0 Å². The van der Waals surface area contributed by atoms with Crippen molar-refractivity contribution in [2.75, 3.05) is 26.7 Å². The van der Waals surface area contributed by atoms with Crippen molar-refractivity contribution in [1.29, 1.82) is 0 Å². The van der Waals surface area contributed by atoms with Crippen molar-refractivity contribution >= 4 is 11.8 Å². The summed E-state index contributed by atoms with van der Waals surface area (Å²) in [6.45, 7) is 15.0. The number of piperazine rings is 1. The van der Waals surface area contributed by atoms with Crippen LogP contribution in [0.4, 0.5) is 0 Å². The number of carbonyl (C=O) groups is 2. The Labute approximate surface area is 164 Å². The highest BCUT2D eigenvalue weighted by molar-refractivity contribution is 5.89. The topological polar surface area (TPSA) is 64.7 Å². The van der Waals surface area contributed by atoms with Crippen LogP contribution >= 0.6 is 0 Å². The van der Waals surface area contributed by atoms with Crippen molar-refractivity contribution in [3.05, 3.63) is 11.6 Å². The summed E-state index contributed by atoms with van der Waals surface area (Å²) >= 11 is 0. The number of nitrogens with one attached hydrogen (secondary N) is 2. The van der Waals surface area contributed by atoms with E-state index in [1.807, 2.05) is 11.9 Å². The van der Waals surface area contributed by atoms with Gasteiger partial charge in [-0.05, 0) is 54.4 Å². The highest BCUT2D eigenvalue weighted by Gasteiger charge is 2.41. The van der Waals surface area contributed by atoms with Crippen molar-refractivity contribution in [1.82, 2.24) is 20.4 Å². The van der Waals surface area contributed by atoms with E-state index in [-0.39, 0.29) is 41.4 Å². The Balaban J connectivity index is 2.06. The van der Waals surface area contributed by atoms with E-state index >= 15 is 0 Å². The van der Waals surface area contributed by atoms with E-state index in [1.165, 1.54) is 5.57 Å². The maximum Gasteiger partial charge on any atom is 0.237 e. The molecule has 2 fully saturated rings. The van der Waals surface area contributed by atoms with Crippen molar-refractivity contribution in [2.45, 2.75) is 84.0 Å². The molecule has 2 rings (SSSR count). The molecule has 0 radical (unpaired) electrons. The van der Waals surface area contributed by atoms with Crippen LogP contribution in [0.25, 0.3) is 0 Å². The lowest BCUT2D eigenvalue weighted by atomic mass is 9.79. The number of hydrogen-bond donors (Lipinski definition) is 2. The maximum absolute atomic E-state index is 13.0. The van der Waals surface area contributed by atoms with Crippen LogP contribution in [0.3, 0.4) is 0 Å². The first kappa shape index (κ1) is 21.9. The van der Waals surface area contributed by atoms with Crippen LogP contribution in [-0.4, -0.2) is 71.5 Å². The molecule has 0 bridgehead atoms. The zero-order valence-electron chi connectivity index (χ0n) is 18.2. The van der Waals surface area contributed by atoms with Crippen molar-refractivity contribution in [3.8, 4) is 0 Å². The van der Waals surface area contributed by atoms with E-state index in [0.29, 0.717) is 13.1 Å². The number of rotatable bonds is 5. The van der Waals surface area contributed by atoms with E-state index in [1.54, 1.807) is 0 Å². The van der Waals surface area contributed by atoms with Crippen LogP contribution in [0, 0.1) is 0 Å². The Morgan fingerprint density at radius 2 is 1.81 bits per heavy atom.